The van der Waals surface area contributed by atoms with E-state index in [2.05, 4.69) is 57.3 Å². The van der Waals surface area contributed by atoms with E-state index in [0.717, 1.165) is 36.1 Å². The summed E-state index contributed by atoms with van der Waals surface area (Å²) in [6.45, 7) is 0.752. The first-order valence-electron chi connectivity index (χ1n) is 7.52. The molecule has 0 spiro atoms. The van der Waals surface area contributed by atoms with Crippen LogP contribution in [0.5, 0.6) is 5.75 Å². The van der Waals surface area contributed by atoms with Crippen molar-refractivity contribution < 1.29 is 4.74 Å². The Morgan fingerprint density at radius 1 is 0.955 bits per heavy atom. The normalized spacial score (nSPS) is 10.8. The van der Waals surface area contributed by atoms with Gasteiger partial charge in [0.05, 0.1) is 6.61 Å². The summed E-state index contributed by atoms with van der Waals surface area (Å²) >= 11 is 3.49. The molecule has 0 aliphatic heterocycles. The monoisotopic (exact) mass is 355 g/mol. The van der Waals surface area contributed by atoms with Crippen molar-refractivity contribution in [2.24, 2.45) is 0 Å². The highest BCUT2D eigenvalue weighted by Gasteiger charge is 1.99. The van der Waals surface area contributed by atoms with E-state index in [1.54, 1.807) is 0 Å². The van der Waals surface area contributed by atoms with Crippen molar-refractivity contribution in [2.75, 3.05) is 6.61 Å². The van der Waals surface area contributed by atoms with Gasteiger partial charge in [-0.25, -0.2) is 0 Å². The van der Waals surface area contributed by atoms with E-state index in [0.29, 0.717) is 0 Å². The van der Waals surface area contributed by atoms with E-state index in [1.807, 2.05) is 24.5 Å². The van der Waals surface area contributed by atoms with Crippen LogP contribution in [-0.2, 0) is 6.42 Å². The number of nitrogens with zero attached hydrogens (tertiary/aromatic N) is 1. The average Bonchev–Trinajstić information content (AvgIpc) is 2.55. The van der Waals surface area contributed by atoms with Gasteiger partial charge in [-0.05, 0) is 65.9 Å². The van der Waals surface area contributed by atoms with Crippen LogP contribution in [0.3, 0.4) is 0 Å². The van der Waals surface area contributed by atoms with Crippen molar-refractivity contribution in [3.63, 3.8) is 0 Å². The Bertz CT molecular complexity index is 743. The highest BCUT2D eigenvalue weighted by molar-refractivity contribution is 9.10. The van der Waals surface area contributed by atoms with Crippen LogP contribution in [0.2, 0.25) is 0 Å². The molecule has 1 heterocycles. The van der Waals surface area contributed by atoms with Gasteiger partial charge in [-0.2, -0.15) is 0 Å². The largest absolute Gasteiger partial charge is 0.494 e. The lowest BCUT2D eigenvalue weighted by Gasteiger charge is -2.07. The zero-order valence-corrected chi connectivity index (χ0v) is 13.9. The summed E-state index contributed by atoms with van der Waals surface area (Å²) < 4.78 is 6.96. The first-order chi connectivity index (χ1) is 10.8. The molecule has 0 N–H and O–H groups in total. The fourth-order valence-corrected chi connectivity index (χ4v) is 2.83. The lowest BCUT2D eigenvalue weighted by molar-refractivity contribution is 0.307. The van der Waals surface area contributed by atoms with Crippen LogP contribution >= 0.6 is 15.9 Å². The van der Waals surface area contributed by atoms with Gasteiger partial charge in [-0.15, -0.1) is 0 Å². The van der Waals surface area contributed by atoms with E-state index in [-0.39, 0.29) is 0 Å². The number of fused-ring (bicyclic) bond motifs is 1. The van der Waals surface area contributed by atoms with Crippen molar-refractivity contribution in [2.45, 2.75) is 19.3 Å². The van der Waals surface area contributed by atoms with Gasteiger partial charge in [0, 0.05) is 16.9 Å². The molecule has 2 aromatic carbocycles. The number of ether oxygens (including phenoxy) is 1. The minimum atomic E-state index is 0.752. The number of aromatic nitrogens is 1. The molecule has 0 atom stereocenters. The number of hydrogen-bond donors (Lipinski definition) is 0. The topological polar surface area (TPSA) is 22.1 Å². The van der Waals surface area contributed by atoms with Gasteiger partial charge in [0.1, 0.15) is 5.75 Å². The molecule has 3 heteroatoms. The van der Waals surface area contributed by atoms with Gasteiger partial charge in [0.2, 0.25) is 0 Å². The minimum absolute atomic E-state index is 0.752. The van der Waals surface area contributed by atoms with Gasteiger partial charge in [-0.1, -0.05) is 34.1 Å². The summed E-state index contributed by atoms with van der Waals surface area (Å²) in [6.07, 6.45) is 6.97. The zero-order valence-electron chi connectivity index (χ0n) is 12.3. The number of benzene rings is 2. The summed E-state index contributed by atoms with van der Waals surface area (Å²) in [5.74, 6) is 0.941. The summed E-state index contributed by atoms with van der Waals surface area (Å²) in [5, 5.41) is 2.43. The number of hydrogen-bond acceptors (Lipinski definition) is 2. The Morgan fingerprint density at radius 2 is 1.82 bits per heavy atom. The number of rotatable bonds is 6. The van der Waals surface area contributed by atoms with Gasteiger partial charge in [-0.3, -0.25) is 4.98 Å². The number of unbranched alkanes of at least 4 members (excludes halogenated alkanes) is 1. The molecule has 0 fully saturated rings. The number of aryl methyl sites for hydroxylation is 1. The lowest BCUT2D eigenvalue weighted by Crippen LogP contribution is -1.98. The minimum Gasteiger partial charge on any atom is -0.494 e. The molecule has 3 aromatic rings. The van der Waals surface area contributed by atoms with Crippen molar-refractivity contribution in [1.29, 1.82) is 0 Å². The Labute approximate surface area is 139 Å². The third-order valence-corrected chi connectivity index (χ3v) is 4.12. The van der Waals surface area contributed by atoms with Crippen LogP contribution in [0.1, 0.15) is 18.4 Å². The second kappa shape index (κ2) is 7.41. The SMILES string of the molecule is Brc1ccc2cc(OCCCCc3cccnc3)ccc2c1. The predicted octanol–water partition coefficient (Wildman–Crippen LogP) is 5.40. The van der Waals surface area contributed by atoms with Crippen LogP contribution in [-0.4, -0.2) is 11.6 Å². The molecule has 0 amide bonds. The maximum atomic E-state index is 5.85. The second-order valence-corrected chi connectivity index (χ2v) is 6.24. The fraction of sp³-hybridized carbons (Fsp3) is 0.211. The van der Waals surface area contributed by atoms with Crippen LogP contribution in [0.4, 0.5) is 0 Å². The molecule has 0 unspecified atom stereocenters. The third-order valence-electron chi connectivity index (χ3n) is 3.63. The van der Waals surface area contributed by atoms with Crippen molar-refractivity contribution in [3.05, 3.63) is 71.0 Å². The van der Waals surface area contributed by atoms with E-state index in [9.17, 15) is 0 Å². The smallest absolute Gasteiger partial charge is 0.119 e. The summed E-state index contributed by atoms with van der Waals surface area (Å²) in [7, 11) is 0. The van der Waals surface area contributed by atoms with E-state index in [4.69, 9.17) is 4.74 Å². The summed E-state index contributed by atoms with van der Waals surface area (Å²) in [4.78, 5) is 4.13. The lowest BCUT2D eigenvalue weighted by atomic mass is 10.1. The molecule has 0 aliphatic carbocycles. The second-order valence-electron chi connectivity index (χ2n) is 5.32. The highest BCUT2D eigenvalue weighted by atomic mass is 79.9. The predicted molar refractivity (Wildman–Crippen MR) is 94.3 cm³/mol. The Balaban J connectivity index is 1.48. The van der Waals surface area contributed by atoms with E-state index < -0.39 is 0 Å². The van der Waals surface area contributed by atoms with E-state index >= 15 is 0 Å². The molecule has 0 saturated carbocycles. The Hall–Kier alpha value is -1.87. The van der Waals surface area contributed by atoms with Gasteiger partial charge in [0.15, 0.2) is 0 Å². The molecule has 112 valence electrons. The van der Waals surface area contributed by atoms with Gasteiger partial charge in [0.25, 0.3) is 0 Å². The van der Waals surface area contributed by atoms with Gasteiger partial charge < -0.3 is 4.74 Å². The van der Waals surface area contributed by atoms with Crippen molar-refractivity contribution in [3.8, 4) is 5.75 Å². The molecule has 0 saturated heterocycles. The summed E-state index contributed by atoms with van der Waals surface area (Å²) in [5.41, 5.74) is 1.29. The molecule has 22 heavy (non-hydrogen) atoms. The fourth-order valence-electron chi connectivity index (χ4n) is 2.45. The molecule has 0 bridgehead atoms. The quantitative estimate of drug-likeness (QED) is 0.552. The maximum absolute atomic E-state index is 5.85. The van der Waals surface area contributed by atoms with Crippen molar-refractivity contribution >= 4 is 26.7 Å². The third kappa shape index (κ3) is 4.08. The van der Waals surface area contributed by atoms with Crippen molar-refractivity contribution in [1.82, 2.24) is 4.98 Å². The first-order valence-corrected chi connectivity index (χ1v) is 8.31. The number of pyridine rings is 1. The van der Waals surface area contributed by atoms with Crippen LogP contribution in [0, 0.1) is 0 Å². The van der Waals surface area contributed by atoms with Crippen LogP contribution in [0.25, 0.3) is 10.8 Å². The van der Waals surface area contributed by atoms with Crippen LogP contribution in [0.15, 0.2) is 65.4 Å². The molecule has 0 radical (unpaired) electrons. The summed E-state index contributed by atoms with van der Waals surface area (Å²) in [6, 6.07) is 16.6. The standard InChI is InChI=1S/C19H18BrNO/c20-18-8-6-17-13-19(9-7-16(17)12-18)22-11-2-1-4-15-5-3-10-21-14-15/h3,5-10,12-14H,1-2,4,11H2. The molecular weight excluding hydrogens is 338 g/mol. The van der Waals surface area contributed by atoms with E-state index in [1.165, 1.54) is 16.3 Å². The van der Waals surface area contributed by atoms with Gasteiger partial charge >= 0.3 is 0 Å². The maximum Gasteiger partial charge on any atom is 0.119 e. The Morgan fingerprint density at radius 3 is 2.68 bits per heavy atom. The number of halogens is 1. The Kier molecular flexibility index (Phi) is 5.07. The average molecular weight is 356 g/mol. The zero-order chi connectivity index (χ0) is 15.2. The molecule has 0 aliphatic rings. The first kappa shape index (κ1) is 15.0. The molecular formula is C19H18BrNO. The van der Waals surface area contributed by atoms with Crippen LogP contribution < -0.4 is 4.74 Å². The molecule has 2 nitrogen and oxygen atoms in total. The molecule has 3 rings (SSSR count). The molecule has 1 aromatic heterocycles. The highest BCUT2D eigenvalue weighted by Crippen LogP contribution is 2.24.